The molecule has 1 fully saturated rings. The fraction of sp³-hybridized carbons (Fsp3) is 0.171. The van der Waals surface area contributed by atoms with Gasteiger partial charge in [0.25, 0.3) is 5.78 Å². The molecule has 0 radical (unpaired) electrons. The molecule has 0 aliphatic carbocycles. The lowest BCUT2D eigenvalue weighted by atomic mass is 9.95. The number of aromatic nitrogens is 1. The highest BCUT2D eigenvalue weighted by Crippen LogP contribution is 2.46. The molecule has 9 heteroatoms. The molecule has 1 aromatic heterocycles. The second-order valence-electron chi connectivity index (χ2n) is 10.8. The number of ketones is 1. The predicted molar refractivity (Wildman–Crippen MR) is 169 cm³/mol. The second-order valence-corrected chi connectivity index (χ2v) is 11.8. The van der Waals surface area contributed by atoms with E-state index in [-0.39, 0.29) is 11.3 Å². The van der Waals surface area contributed by atoms with Gasteiger partial charge < -0.3 is 19.3 Å². The van der Waals surface area contributed by atoms with Crippen LogP contribution >= 0.6 is 11.3 Å². The number of amides is 1. The first-order valence-corrected chi connectivity index (χ1v) is 15.0. The first-order valence-electron chi connectivity index (χ1n) is 14.2. The van der Waals surface area contributed by atoms with E-state index < -0.39 is 17.7 Å². The highest BCUT2D eigenvalue weighted by Gasteiger charge is 2.48. The van der Waals surface area contributed by atoms with Crippen LogP contribution < -0.4 is 19.1 Å². The van der Waals surface area contributed by atoms with Gasteiger partial charge in [-0.15, -0.1) is 0 Å². The van der Waals surface area contributed by atoms with Crippen molar-refractivity contribution < 1.29 is 28.9 Å². The van der Waals surface area contributed by atoms with Crippen LogP contribution in [0, 0.1) is 13.8 Å². The molecule has 1 atom stereocenters. The number of fused-ring (bicyclic) bond motifs is 2. The Balaban J connectivity index is 1.36. The minimum atomic E-state index is -0.953. The average Bonchev–Trinajstić information content (AvgIpc) is 3.58. The first kappa shape index (κ1) is 27.7. The van der Waals surface area contributed by atoms with Gasteiger partial charge in [0.15, 0.2) is 16.6 Å². The molecule has 2 aliphatic heterocycles. The summed E-state index contributed by atoms with van der Waals surface area (Å²) in [5.74, 6) is -0.306. The van der Waals surface area contributed by atoms with Gasteiger partial charge in [-0.3, -0.25) is 14.5 Å². The van der Waals surface area contributed by atoms with Gasteiger partial charge in [0.05, 0.1) is 21.8 Å². The number of nitrogens with zero attached hydrogens (tertiary/aromatic N) is 2. The third-order valence-corrected chi connectivity index (χ3v) is 8.71. The van der Waals surface area contributed by atoms with Crippen LogP contribution in [0.1, 0.15) is 33.9 Å². The van der Waals surface area contributed by atoms with Crippen molar-refractivity contribution >= 4 is 44.1 Å². The summed E-state index contributed by atoms with van der Waals surface area (Å²) in [6.07, 6.45) is 0. The smallest absolute Gasteiger partial charge is 0.301 e. The van der Waals surface area contributed by atoms with Crippen molar-refractivity contribution in [1.29, 1.82) is 0 Å². The molecule has 0 spiro atoms. The van der Waals surface area contributed by atoms with Gasteiger partial charge in [-0.1, -0.05) is 59.9 Å². The number of aryl methyl sites for hydroxylation is 2. The van der Waals surface area contributed by atoms with Gasteiger partial charge in [0.1, 0.15) is 31.3 Å². The number of rotatable bonds is 6. The molecule has 44 heavy (non-hydrogen) atoms. The average molecular weight is 605 g/mol. The van der Waals surface area contributed by atoms with Crippen molar-refractivity contribution in [3.63, 3.8) is 0 Å². The van der Waals surface area contributed by atoms with Crippen molar-refractivity contribution in [3.8, 4) is 17.2 Å². The molecule has 4 aromatic carbocycles. The fourth-order valence-electron chi connectivity index (χ4n) is 5.67. The van der Waals surface area contributed by atoms with Gasteiger partial charge in [-0.25, -0.2) is 4.98 Å². The number of thiazole rings is 1. The van der Waals surface area contributed by atoms with Crippen LogP contribution in [0.4, 0.5) is 5.13 Å². The molecule has 7 rings (SSSR count). The third-order valence-electron chi connectivity index (χ3n) is 7.71. The van der Waals surface area contributed by atoms with Gasteiger partial charge in [0.2, 0.25) is 0 Å². The van der Waals surface area contributed by atoms with Gasteiger partial charge in [0, 0.05) is 5.56 Å². The summed E-state index contributed by atoms with van der Waals surface area (Å²) in [4.78, 5) is 33.8. The lowest BCUT2D eigenvalue weighted by Crippen LogP contribution is -2.29. The topological polar surface area (TPSA) is 98.2 Å². The molecule has 1 saturated heterocycles. The summed E-state index contributed by atoms with van der Waals surface area (Å²) in [6, 6.07) is 25.1. The number of aliphatic hydroxyl groups is 1. The Morgan fingerprint density at radius 2 is 1.75 bits per heavy atom. The van der Waals surface area contributed by atoms with Crippen molar-refractivity contribution in [1.82, 2.24) is 4.98 Å². The van der Waals surface area contributed by atoms with Crippen LogP contribution in [0.5, 0.6) is 17.2 Å². The van der Waals surface area contributed by atoms with Crippen LogP contribution in [0.2, 0.25) is 0 Å². The SMILES string of the molecule is Cc1cc(C)c2nc(N3C(=O)C(=O)C(=C(O)c4ccc5c(c4)OCCO5)[C@H]3c3cccc(OCc4ccccc4)c3)sc2c1. The summed E-state index contributed by atoms with van der Waals surface area (Å²) < 4.78 is 18.3. The number of hydrogen-bond donors (Lipinski definition) is 1. The third kappa shape index (κ3) is 4.95. The van der Waals surface area contributed by atoms with E-state index in [1.807, 2.05) is 74.5 Å². The number of anilines is 1. The zero-order valence-corrected chi connectivity index (χ0v) is 24.9. The van der Waals surface area contributed by atoms with Gasteiger partial charge in [-0.2, -0.15) is 0 Å². The normalized spacial score (nSPS) is 17.3. The Morgan fingerprint density at radius 1 is 0.955 bits per heavy atom. The Labute approximate surface area is 257 Å². The van der Waals surface area contributed by atoms with E-state index in [4.69, 9.17) is 19.2 Å². The molecular formula is C35H28N2O6S. The molecule has 3 heterocycles. The van der Waals surface area contributed by atoms with Crippen LogP contribution in [-0.2, 0) is 16.2 Å². The minimum Gasteiger partial charge on any atom is -0.507 e. The largest absolute Gasteiger partial charge is 0.507 e. The Morgan fingerprint density at radius 3 is 2.57 bits per heavy atom. The lowest BCUT2D eigenvalue weighted by Gasteiger charge is -2.24. The van der Waals surface area contributed by atoms with Crippen LogP contribution in [-0.4, -0.2) is 35.0 Å². The van der Waals surface area contributed by atoms with E-state index in [1.54, 1.807) is 24.3 Å². The Kier molecular flexibility index (Phi) is 7.02. The number of carbonyl (C=O) groups excluding carboxylic acids is 2. The number of hydrogen-bond acceptors (Lipinski definition) is 8. The number of aliphatic hydroxyl groups excluding tert-OH is 1. The molecule has 220 valence electrons. The molecule has 2 aliphatic rings. The number of ether oxygens (including phenoxy) is 3. The molecule has 1 N–H and O–H groups in total. The van der Waals surface area contributed by atoms with Crippen molar-refractivity contribution in [2.24, 2.45) is 0 Å². The Hall–Kier alpha value is -5.15. The summed E-state index contributed by atoms with van der Waals surface area (Å²) in [5, 5.41) is 12.1. The number of Topliss-reactive ketones (excluding diaryl/α,β-unsaturated/α-hetero) is 1. The van der Waals surface area contributed by atoms with E-state index in [0.717, 1.165) is 26.9 Å². The standard InChI is InChI=1S/C35H28N2O6S/c1-20-15-21(2)30-28(16-20)44-35(36-30)37-31(23-9-6-10-25(17-23)43-19-22-7-4-3-5-8-22)29(33(39)34(37)40)32(38)24-11-12-26-27(18-24)42-14-13-41-26/h3-12,15-18,31,38H,13-14,19H2,1-2H3/t31-/m1/s1. The van der Waals surface area contributed by atoms with E-state index >= 15 is 0 Å². The lowest BCUT2D eigenvalue weighted by molar-refractivity contribution is -0.132. The second kappa shape index (κ2) is 11.2. The fourth-order valence-corrected chi connectivity index (χ4v) is 6.84. The van der Waals surface area contributed by atoms with Crippen molar-refractivity contribution in [2.75, 3.05) is 18.1 Å². The molecule has 8 nitrogen and oxygen atoms in total. The van der Waals surface area contributed by atoms with Gasteiger partial charge in [-0.05, 0) is 72.5 Å². The Bertz CT molecular complexity index is 1970. The van der Waals surface area contributed by atoms with E-state index in [9.17, 15) is 14.7 Å². The van der Waals surface area contributed by atoms with Crippen LogP contribution in [0.25, 0.3) is 16.0 Å². The molecule has 0 unspecified atom stereocenters. The maximum Gasteiger partial charge on any atom is 0.301 e. The van der Waals surface area contributed by atoms with Crippen LogP contribution in [0.3, 0.4) is 0 Å². The number of carbonyl (C=O) groups is 2. The molecule has 5 aromatic rings. The number of benzene rings is 4. The van der Waals surface area contributed by atoms with Crippen LogP contribution in [0.15, 0.2) is 90.5 Å². The maximum absolute atomic E-state index is 13.8. The summed E-state index contributed by atoms with van der Waals surface area (Å²) in [5.41, 5.74) is 4.71. The maximum atomic E-state index is 13.8. The van der Waals surface area contributed by atoms with E-state index in [2.05, 4.69) is 0 Å². The van der Waals surface area contributed by atoms with Crippen molar-refractivity contribution in [2.45, 2.75) is 26.5 Å². The first-order chi connectivity index (χ1) is 21.4. The quantitative estimate of drug-likeness (QED) is 0.128. The minimum absolute atomic E-state index is 0.0426. The highest BCUT2D eigenvalue weighted by atomic mass is 32.1. The molecule has 0 saturated carbocycles. The van der Waals surface area contributed by atoms with E-state index in [0.29, 0.717) is 53.3 Å². The molecular weight excluding hydrogens is 576 g/mol. The predicted octanol–water partition coefficient (Wildman–Crippen LogP) is 6.89. The summed E-state index contributed by atoms with van der Waals surface area (Å²) in [6.45, 7) is 5.12. The zero-order valence-electron chi connectivity index (χ0n) is 24.1. The van der Waals surface area contributed by atoms with E-state index in [1.165, 1.54) is 16.2 Å². The highest BCUT2D eigenvalue weighted by molar-refractivity contribution is 7.22. The van der Waals surface area contributed by atoms with Gasteiger partial charge >= 0.3 is 5.91 Å². The monoisotopic (exact) mass is 604 g/mol. The summed E-state index contributed by atoms with van der Waals surface area (Å²) >= 11 is 1.34. The van der Waals surface area contributed by atoms with Crippen molar-refractivity contribution in [3.05, 3.63) is 118 Å². The molecule has 1 amide bonds. The summed E-state index contributed by atoms with van der Waals surface area (Å²) in [7, 11) is 0. The molecule has 0 bridgehead atoms. The zero-order chi connectivity index (χ0) is 30.4.